The molecule has 0 aliphatic carbocycles. The predicted molar refractivity (Wildman–Crippen MR) is 63.5 cm³/mol. The minimum atomic E-state index is -3.63. The number of imidazole rings is 1. The quantitative estimate of drug-likeness (QED) is 0.773. The SMILES string of the molecule is COCCn1cc(NS(=O)(=O)c2cnc[nH]2)cn1. The van der Waals surface area contributed by atoms with E-state index < -0.39 is 10.0 Å². The van der Waals surface area contributed by atoms with Crippen LogP contribution in [0.1, 0.15) is 0 Å². The van der Waals surface area contributed by atoms with Crippen LogP contribution in [0.3, 0.4) is 0 Å². The van der Waals surface area contributed by atoms with Crippen molar-refractivity contribution < 1.29 is 13.2 Å². The van der Waals surface area contributed by atoms with Crippen molar-refractivity contribution in [1.82, 2.24) is 19.7 Å². The maximum Gasteiger partial charge on any atom is 0.279 e. The van der Waals surface area contributed by atoms with Gasteiger partial charge in [-0.15, -0.1) is 0 Å². The number of H-pyrrole nitrogens is 1. The summed E-state index contributed by atoms with van der Waals surface area (Å²) >= 11 is 0. The maximum absolute atomic E-state index is 11.8. The Kier molecular flexibility index (Phi) is 3.63. The van der Waals surface area contributed by atoms with Crippen molar-refractivity contribution in [2.45, 2.75) is 11.6 Å². The van der Waals surface area contributed by atoms with Crippen LogP contribution in [-0.2, 0) is 21.3 Å². The number of aromatic nitrogens is 4. The third-order valence-electron chi connectivity index (χ3n) is 2.17. The largest absolute Gasteiger partial charge is 0.383 e. The van der Waals surface area contributed by atoms with Gasteiger partial charge in [0, 0.05) is 13.3 Å². The molecule has 0 radical (unpaired) electrons. The molecular formula is C9H13N5O3S. The second-order valence-corrected chi connectivity index (χ2v) is 5.16. The summed E-state index contributed by atoms with van der Waals surface area (Å²) in [7, 11) is -2.04. The number of ether oxygens (including phenoxy) is 1. The maximum atomic E-state index is 11.8. The van der Waals surface area contributed by atoms with Gasteiger partial charge in [-0.25, -0.2) is 4.98 Å². The first-order chi connectivity index (χ1) is 8.62. The lowest BCUT2D eigenvalue weighted by Gasteiger charge is -2.02. The summed E-state index contributed by atoms with van der Waals surface area (Å²) in [5, 5.41) is 4.01. The fourth-order valence-corrected chi connectivity index (χ4v) is 2.26. The Morgan fingerprint density at radius 2 is 2.33 bits per heavy atom. The fourth-order valence-electron chi connectivity index (χ4n) is 1.32. The molecule has 0 saturated heterocycles. The van der Waals surface area contributed by atoms with Crippen LogP contribution in [0.4, 0.5) is 5.69 Å². The number of rotatable bonds is 6. The van der Waals surface area contributed by atoms with Gasteiger partial charge in [0.05, 0.1) is 37.6 Å². The molecule has 0 fully saturated rings. The highest BCUT2D eigenvalue weighted by molar-refractivity contribution is 7.92. The Hall–Kier alpha value is -1.87. The number of nitrogens with zero attached hydrogens (tertiary/aromatic N) is 3. The molecule has 2 heterocycles. The third kappa shape index (κ3) is 2.87. The average Bonchev–Trinajstić information content (AvgIpc) is 2.96. The van der Waals surface area contributed by atoms with Gasteiger partial charge in [0.2, 0.25) is 0 Å². The number of hydrogen-bond acceptors (Lipinski definition) is 5. The van der Waals surface area contributed by atoms with Crippen molar-refractivity contribution in [2.75, 3.05) is 18.4 Å². The summed E-state index contributed by atoms with van der Waals surface area (Å²) in [5.41, 5.74) is 0.390. The molecule has 0 saturated carbocycles. The van der Waals surface area contributed by atoms with Gasteiger partial charge < -0.3 is 9.72 Å². The molecule has 2 rings (SSSR count). The second-order valence-electron chi connectivity index (χ2n) is 3.51. The molecule has 0 atom stereocenters. The summed E-state index contributed by atoms with van der Waals surface area (Å²) in [4.78, 5) is 6.19. The van der Waals surface area contributed by atoms with Gasteiger partial charge >= 0.3 is 0 Å². The van der Waals surface area contributed by atoms with Crippen molar-refractivity contribution >= 4 is 15.7 Å². The Morgan fingerprint density at radius 3 is 3.00 bits per heavy atom. The highest BCUT2D eigenvalue weighted by Gasteiger charge is 2.16. The zero-order valence-corrected chi connectivity index (χ0v) is 10.5. The van der Waals surface area contributed by atoms with E-state index in [2.05, 4.69) is 19.8 Å². The standard InChI is InChI=1S/C9H13N5O3S/c1-17-3-2-14-6-8(4-12-14)13-18(15,16)9-5-10-7-11-9/h4-7,13H,2-3H2,1H3,(H,10,11). The van der Waals surface area contributed by atoms with Crippen LogP contribution in [0.25, 0.3) is 0 Å². The average molecular weight is 271 g/mol. The number of sulfonamides is 1. The molecule has 0 unspecified atom stereocenters. The molecule has 0 spiro atoms. The number of nitrogens with one attached hydrogen (secondary N) is 2. The highest BCUT2D eigenvalue weighted by atomic mass is 32.2. The minimum Gasteiger partial charge on any atom is -0.383 e. The van der Waals surface area contributed by atoms with Crippen molar-refractivity contribution in [2.24, 2.45) is 0 Å². The van der Waals surface area contributed by atoms with Gasteiger partial charge in [-0.05, 0) is 0 Å². The second kappa shape index (κ2) is 5.19. The van der Waals surface area contributed by atoms with E-state index in [4.69, 9.17) is 4.74 Å². The van der Waals surface area contributed by atoms with Crippen LogP contribution in [0.15, 0.2) is 29.9 Å². The van der Waals surface area contributed by atoms with Crippen molar-refractivity contribution in [3.63, 3.8) is 0 Å². The van der Waals surface area contributed by atoms with Crippen molar-refractivity contribution in [1.29, 1.82) is 0 Å². The lowest BCUT2D eigenvalue weighted by molar-refractivity contribution is 0.183. The van der Waals surface area contributed by atoms with E-state index in [9.17, 15) is 8.42 Å². The topological polar surface area (TPSA) is 102 Å². The number of anilines is 1. The minimum absolute atomic E-state index is 0.00661. The third-order valence-corrected chi connectivity index (χ3v) is 3.48. The van der Waals surface area contributed by atoms with Crippen LogP contribution in [-0.4, -0.2) is 41.9 Å². The zero-order chi connectivity index (χ0) is 13.0. The molecule has 2 aromatic heterocycles. The predicted octanol–water partition coefficient (Wildman–Crippen LogP) is 0.0534. The Bertz CT molecular complexity index is 590. The summed E-state index contributed by atoms with van der Waals surface area (Å²) < 4.78 is 32.6. The molecule has 9 heteroatoms. The number of methoxy groups -OCH3 is 1. The van der Waals surface area contributed by atoms with Gasteiger partial charge in [0.15, 0.2) is 5.03 Å². The molecule has 0 amide bonds. The first-order valence-electron chi connectivity index (χ1n) is 5.14. The van der Waals surface area contributed by atoms with Gasteiger partial charge in [-0.2, -0.15) is 13.5 Å². The lowest BCUT2D eigenvalue weighted by atomic mass is 10.6. The molecule has 2 N–H and O–H groups in total. The summed E-state index contributed by atoms with van der Waals surface area (Å²) in [6.45, 7) is 1.07. The Morgan fingerprint density at radius 1 is 1.50 bits per heavy atom. The first-order valence-corrected chi connectivity index (χ1v) is 6.63. The van der Waals surface area contributed by atoms with E-state index in [-0.39, 0.29) is 5.03 Å². The van der Waals surface area contributed by atoms with E-state index in [0.717, 1.165) is 0 Å². The molecule has 2 aromatic rings. The van der Waals surface area contributed by atoms with Crippen molar-refractivity contribution in [3.05, 3.63) is 24.9 Å². The Labute approximate surface area is 104 Å². The lowest BCUT2D eigenvalue weighted by Crippen LogP contribution is -2.12. The summed E-state index contributed by atoms with van der Waals surface area (Å²) in [5.74, 6) is 0. The molecule has 98 valence electrons. The van der Waals surface area contributed by atoms with E-state index in [1.165, 1.54) is 18.7 Å². The van der Waals surface area contributed by atoms with Crippen molar-refractivity contribution in [3.8, 4) is 0 Å². The van der Waals surface area contributed by atoms with Crippen LogP contribution in [0, 0.1) is 0 Å². The Balaban J connectivity index is 2.08. The monoisotopic (exact) mass is 271 g/mol. The molecular weight excluding hydrogens is 258 g/mol. The van der Waals surface area contributed by atoms with Crippen LogP contribution in [0.5, 0.6) is 0 Å². The molecule has 0 bridgehead atoms. The zero-order valence-electron chi connectivity index (χ0n) is 9.70. The van der Waals surface area contributed by atoms with Crippen LogP contribution in [0.2, 0.25) is 0 Å². The van der Waals surface area contributed by atoms with Gasteiger partial charge in [-0.1, -0.05) is 0 Å². The number of aromatic amines is 1. The highest BCUT2D eigenvalue weighted by Crippen LogP contribution is 2.12. The van der Waals surface area contributed by atoms with Gasteiger partial charge in [0.25, 0.3) is 10.0 Å². The molecule has 0 aliphatic rings. The molecule has 8 nitrogen and oxygen atoms in total. The smallest absolute Gasteiger partial charge is 0.279 e. The molecule has 0 aromatic carbocycles. The van der Waals surface area contributed by atoms with Gasteiger partial charge in [-0.3, -0.25) is 9.40 Å². The summed E-state index contributed by atoms with van der Waals surface area (Å²) in [6.07, 6.45) is 5.56. The normalized spacial score (nSPS) is 11.6. The van der Waals surface area contributed by atoms with Crippen LogP contribution < -0.4 is 4.72 Å². The van der Waals surface area contributed by atoms with E-state index in [0.29, 0.717) is 18.8 Å². The van der Waals surface area contributed by atoms with E-state index in [1.807, 2.05) is 0 Å². The molecule has 18 heavy (non-hydrogen) atoms. The summed E-state index contributed by atoms with van der Waals surface area (Å²) in [6, 6.07) is 0. The van der Waals surface area contributed by atoms with E-state index >= 15 is 0 Å². The van der Waals surface area contributed by atoms with E-state index in [1.54, 1.807) is 18.0 Å². The first kappa shape index (κ1) is 12.6. The number of hydrogen-bond donors (Lipinski definition) is 2. The molecule has 0 aliphatic heterocycles. The fraction of sp³-hybridized carbons (Fsp3) is 0.333. The van der Waals surface area contributed by atoms with Crippen LogP contribution >= 0.6 is 0 Å². The van der Waals surface area contributed by atoms with Gasteiger partial charge in [0.1, 0.15) is 0 Å².